The molecule has 0 spiro atoms. The largest absolute Gasteiger partial charge is 0.461 e. The average Bonchev–Trinajstić information content (AvgIpc) is 2.76. The maximum absolute atomic E-state index is 11.4. The van der Waals surface area contributed by atoms with Crippen molar-refractivity contribution in [1.82, 2.24) is 5.32 Å². The molecule has 1 N–H and O–H groups in total. The van der Waals surface area contributed by atoms with Crippen molar-refractivity contribution in [3.05, 3.63) is 24.2 Å². The summed E-state index contributed by atoms with van der Waals surface area (Å²) in [4.78, 5) is 22.6. The molecule has 0 aliphatic carbocycles. The van der Waals surface area contributed by atoms with Gasteiger partial charge in [-0.15, -0.1) is 0 Å². The molecule has 0 saturated carbocycles. The first-order valence-corrected chi connectivity index (χ1v) is 5.07. The number of hydrogen-bond acceptors (Lipinski definition) is 3. The highest BCUT2D eigenvalue weighted by atomic mass is 16.3. The summed E-state index contributed by atoms with van der Waals surface area (Å²) in [5.74, 6) is 0.0988. The van der Waals surface area contributed by atoms with E-state index in [9.17, 15) is 9.59 Å². The van der Waals surface area contributed by atoms with Gasteiger partial charge in [0.15, 0.2) is 11.5 Å². The molecule has 0 aliphatic heterocycles. The van der Waals surface area contributed by atoms with Crippen LogP contribution >= 0.6 is 0 Å². The minimum Gasteiger partial charge on any atom is -0.461 e. The molecule has 0 radical (unpaired) electrons. The molecule has 1 rings (SSSR count). The van der Waals surface area contributed by atoms with Gasteiger partial charge < -0.3 is 9.73 Å². The Morgan fingerprint density at radius 2 is 2.20 bits per heavy atom. The molecule has 0 aliphatic rings. The molecular formula is C11H15NO3. The molecule has 1 aromatic rings. The summed E-state index contributed by atoms with van der Waals surface area (Å²) in [6.07, 6.45) is 2.77. The smallest absolute Gasteiger partial charge is 0.220 e. The van der Waals surface area contributed by atoms with Crippen molar-refractivity contribution in [1.29, 1.82) is 0 Å². The minimum atomic E-state index is -0.133. The highest BCUT2D eigenvalue weighted by Crippen LogP contribution is 2.05. The SMILES string of the molecule is CCCNC(=O)CCC(=O)c1ccco1. The Bertz CT molecular complexity index is 317. The number of Topliss-reactive ketones (excluding diaryl/α,β-unsaturated/α-hetero) is 1. The van der Waals surface area contributed by atoms with Gasteiger partial charge in [-0.2, -0.15) is 0 Å². The lowest BCUT2D eigenvalue weighted by molar-refractivity contribution is -0.121. The second-order valence-electron chi connectivity index (χ2n) is 3.25. The Kier molecular flexibility index (Phi) is 4.60. The van der Waals surface area contributed by atoms with Crippen LogP contribution in [0.15, 0.2) is 22.8 Å². The van der Waals surface area contributed by atoms with Gasteiger partial charge in [-0.25, -0.2) is 0 Å². The molecule has 1 heterocycles. The summed E-state index contributed by atoms with van der Waals surface area (Å²) in [7, 11) is 0. The minimum absolute atomic E-state index is 0.0863. The van der Waals surface area contributed by atoms with E-state index in [1.807, 2.05) is 6.92 Å². The van der Waals surface area contributed by atoms with Gasteiger partial charge in [-0.05, 0) is 18.6 Å². The van der Waals surface area contributed by atoms with Gasteiger partial charge in [-0.1, -0.05) is 6.92 Å². The highest BCUT2D eigenvalue weighted by Gasteiger charge is 2.10. The third-order valence-corrected chi connectivity index (χ3v) is 1.95. The van der Waals surface area contributed by atoms with Gasteiger partial charge >= 0.3 is 0 Å². The molecule has 0 bridgehead atoms. The van der Waals surface area contributed by atoms with Crippen LogP contribution in [0.3, 0.4) is 0 Å². The van der Waals surface area contributed by atoms with Crippen LogP contribution in [0.4, 0.5) is 0 Å². The summed E-state index contributed by atoms with van der Waals surface area (Å²) in [5, 5.41) is 2.71. The highest BCUT2D eigenvalue weighted by molar-refractivity contribution is 5.95. The summed E-state index contributed by atoms with van der Waals surface area (Å²) >= 11 is 0. The zero-order valence-corrected chi connectivity index (χ0v) is 8.79. The summed E-state index contributed by atoms with van der Waals surface area (Å²) in [6.45, 7) is 2.64. The van der Waals surface area contributed by atoms with E-state index in [-0.39, 0.29) is 24.5 Å². The molecule has 1 aromatic heterocycles. The average molecular weight is 209 g/mol. The van der Waals surface area contributed by atoms with Crippen molar-refractivity contribution in [3.8, 4) is 0 Å². The number of furan rings is 1. The lowest BCUT2D eigenvalue weighted by Gasteiger charge is -2.01. The number of carbonyl (C=O) groups is 2. The predicted molar refractivity (Wildman–Crippen MR) is 55.6 cm³/mol. The van der Waals surface area contributed by atoms with Gasteiger partial charge in [0.2, 0.25) is 5.91 Å². The quantitative estimate of drug-likeness (QED) is 0.726. The van der Waals surface area contributed by atoms with E-state index in [0.717, 1.165) is 6.42 Å². The van der Waals surface area contributed by atoms with Crippen molar-refractivity contribution in [2.75, 3.05) is 6.54 Å². The fourth-order valence-electron chi connectivity index (χ4n) is 1.14. The molecule has 0 saturated heterocycles. The van der Waals surface area contributed by atoms with Crippen LogP contribution in [0, 0.1) is 0 Å². The Hall–Kier alpha value is -1.58. The van der Waals surface area contributed by atoms with Gasteiger partial charge in [0.05, 0.1) is 6.26 Å². The Labute approximate surface area is 88.7 Å². The number of ketones is 1. The second kappa shape index (κ2) is 6.01. The Morgan fingerprint density at radius 3 is 2.80 bits per heavy atom. The van der Waals surface area contributed by atoms with Gasteiger partial charge in [0.1, 0.15) is 0 Å². The van der Waals surface area contributed by atoms with Crippen LogP contribution in [-0.4, -0.2) is 18.2 Å². The fourth-order valence-corrected chi connectivity index (χ4v) is 1.14. The molecule has 0 aromatic carbocycles. The molecule has 15 heavy (non-hydrogen) atoms. The zero-order chi connectivity index (χ0) is 11.1. The lowest BCUT2D eigenvalue weighted by atomic mass is 10.2. The van der Waals surface area contributed by atoms with Gasteiger partial charge in [0, 0.05) is 19.4 Å². The van der Waals surface area contributed by atoms with Crippen molar-refractivity contribution in [2.24, 2.45) is 0 Å². The number of amides is 1. The van der Waals surface area contributed by atoms with Crippen molar-refractivity contribution in [3.63, 3.8) is 0 Å². The van der Waals surface area contributed by atoms with Crippen LogP contribution in [0.5, 0.6) is 0 Å². The van der Waals surface area contributed by atoms with E-state index in [4.69, 9.17) is 4.42 Å². The van der Waals surface area contributed by atoms with E-state index in [1.54, 1.807) is 12.1 Å². The molecule has 0 fully saturated rings. The monoisotopic (exact) mass is 209 g/mol. The topological polar surface area (TPSA) is 59.3 Å². The van der Waals surface area contributed by atoms with Crippen molar-refractivity contribution >= 4 is 11.7 Å². The first-order valence-electron chi connectivity index (χ1n) is 5.07. The number of hydrogen-bond donors (Lipinski definition) is 1. The summed E-state index contributed by atoms with van der Waals surface area (Å²) < 4.78 is 4.93. The normalized spacial score (nSPS) is 9.93. The van der Waals surface area contributed by atoms with Crippen molar-refractivity contribution in [2.45, 2.75) is 26.2 Å². The van der Waals surface area contributed by atoms with E-state index < -0.39 is 0 Å². The third-order valence-electron chi connectivity index (χ3n) is 1.95. The van der Waals surface area contributed by atoms with Crippen LogP contribution in [-0.2, 0) is 4.79 Å². The molecule has 1 amide bonds. The van der Waals surface area contributed by atoms with E-state index in [2.05, 4.69) is 5.32 Å². The molecular weight excluding hydrogens is 194 g/mol. The Morgan fingerprint density at radius 1 is 1.40 bits per heavy atom. The third kappa shape index (κ3) is 3.97. The van der Waals surface area contributed by atoms with Crippen LogP contribution in [0.25, 0.3) is 0 Å². The van der Waals surface area contributed by atoms with Crippen LogP contribution < -0.4 is 5.32 Å². The summed E-state index contributed by atoms with van der Waals surface area (Å²) in [6, 6.07) is 3.26. The lowest BCUT2D eigenvalue weighted by Crippen LogP contribution is -2.24. The molecule has 4 nitrogen and oxygen atoms in total. The first kappa shape index (κ1) is 11.5. The maximum atomic E-state index is 11.4. The van der Waals surface area contributed by atoms with E-state index in [0.29, 0.717) is 12.3 Å². The van der Waals surface area contributed by atoms with Gasteiger partial charge in [0.25, 0.3) is 0 Å². The molecule has 82 valence electrons. The Balaban J connectivity index is 2.25. The zero-order valence-electron chi connectivity index (χ0n) is 8.79. The van der Waals surface area contributed by atoms with Crippen LogP contribution in [0.1, 0.15) is 36.7 Å². The molecule has 4 heteroatoms. The summed E-state index contributed by atoms with van der Waals surface area (Å²) in [5.41, 5.74) is 0. The first-order chi connectivity index (χ1) is 7.24. The number of rotatable bonds is 6. The molecule has 0 unspecified atom stereocenters. The predicted octanol–water partition coefficient (Wildman–Crippen LogP) is 1.77. The van der Waals surface area contributed by atoms with Gasteiger partial charge in [-0.3, -0.25) is 9.59 Å². The second-order valence-corrected chi connectivity index (χ2v) is 3.25. The standard InChI is InChI=1S/C11H15NO3/c1-2-7-12-11(14)6-5-9(13)10-4-3-8-15-10/h3-4,8H,2,5-7H2,1H3,(H,12,14). The van der Waals surface area contributed by atoms with Crippen LogP contribution in [0.2, 0.25) is 0 Å². The fraction of sp³-hybridized carbons (Fsp3) is 0.455. The van der Waals surface area contributed by atoms with Crippen molar-refractivity contribution < 1.29 is 14.0 Å². The number of carbonyl (C=O) groups excluding carboxylic acids is 2. The number of nitrogens with one attached hydrogen (secondary N) is 1. The molecule has 0 atom stereocenters. The maximum Gasteiger partial charge on any atom is 0.220 e. The van der Waals surface area contributed by atoms with E-state index in [1.165, 1.54) is 6.26 Å². The van der Waals surface area contributed by atoms with E-state index >= 15 is 0 Å².